The Balaban J connectivity index is 2.58. The maximum absolute atomic E-state index is 13.1. The predicted molar refractivity (Wildman–Crippen MR) is 67.4 cm³/mol. The van der Waals surface area contributed by atoms with Gasteiger partial charge < -0.3 is 5.73 Å². The summed E-state index contributed by atoms with van der Waals surface area (Å²) >= 11 is 0. The van der Waals surface area contributed by atoms with Gasteiger partial charge in [-0.15, -0.1) is 0 Å². The van der Waals surface area contributed by atoms with Gasteiger partial charge in [0.2, 0.25) is 9.84 Å². The van der Waals surface area contributed by atoms with Gasteiger partial charge in [-0.3, -0.25) is 0 Å². The lowest BCUT2D eigenvalue weighted by Gasteiger charge is -2.07. The number of nitrogens with two attached hydrogens (primary N) is 1. The van der Waals surface area contributed by atoms with Crippen LogP contribution in [-0.2, 0) is 9.84 Å². The molecule has 0 aliphatic rings. The fraction of sp³-hybridized carbons (Fsp3) is 0.0769. The van der Waals surface area contributed by atoms with E-state index in [4.69, 9.17) is 5.73 Å². The Kier molecular flexibility index (Phi) is 3.09. The molecule has 0 spiro atoms. The fourth-order valence-electron chi connectivity index (χ4n) is 1.59. The van der Waals surface area contributed by atoms with E-state index in [1.54, 1.807) is 6.92 Å². The highest BCUT2D eigenvalue weighted by Gasteiger charge is 2.18. The Morgan fingerprint density at radius 1 is 1.06 bits per heavy atom. The zero-order chi connectivity index (χ0) is 13.3. The van der Waals surface area contributed by atoms with Crippen molar-refractivity contribution in [3.63, 3.8) is 0 Å². The van der Waals surface area contributed by atoms with E-state index in [2.05, 4.69) is 0 Å². The van der Waals surface area contributed by atoms with Gasteiger partial charge in [0.1, 0.15) is 5.82 Å². The molecule has 2 aromatic carbocycles. The molecule has 2 N–H and O–H groups in total. The minimum absolute atomic E-state index is 0.0633. The second-order valence-corrected chi connectivity index (χ2v) is 5.93. The summed E-state index contributed by atoms with van der Waals surface area (Å²) in [6.07, 6.45) is 0. The van der Waals surface area contributed by atoms with Gasteiger partial charge in [0.15, 0.2) is 0 Å². The largest absolute Gasteiger partial charge is 0.399 e. The molecule has 0 bridgehead atoms. The minimum Gasteiger partial charge on any atom is -0.399 e. The van der Waals surface area contributed by atoms with E-state index >= 15 is 0 Å². The monoisotopic (exact) mass is 265 g/mol. The molecule has 2 aromatic rings. The summed E-state index contributed by atoms with van der Waals surface area (Å²) in [5.41, 5.74) is 6.84. The lowest BCUT2D eigenvalue weighted by molar-refractivity contribution is 0.591. The van der Waals surface area contributed by atoms with E-state index in [-0.39, 0.29) is 9.79 Å². The van der Waals surface area contributed by atoms with Crippen LogP contribution in [0.4, 0.5) is 10.1 Å². The molecule has 2 rings (SSSR count). The number of rotatable bonds is 2. The van der Waals surface area contributed by atoms with E-state index in [0.29, 0.717) is 11.3 Å². The summed E-state index contributed by atoms with van der Waals surface area (Å²) in [7, 11) is -3.70. The maximum Gasteiger partial charge on any atom is 0.206 e. The molecule has 0 atom stereocenters. The summed E-state index contributed by atoms with van der Waals surface area (Å²) in [6, 6.07) is 9.37. The number of hydrogen-bond acceptors (Lipinski definition) is 3. The van der Waals surface area contributed by atoms with Gasteiger partial charge in [0.25, 0.3) is 0 Å². The molecule has 0 fully saturated rings. The normalized spacial score (nSPS) is 11.4. The average molecular weight is 265 g/mol. The van der Waals surface area contributed by atoms with Crippen LogP contribution >= 0.6 is 0 Å². The first-order valence-corrected chi connectivity index (χ1v) is 6.76. The van der Waals surface area contributed by atoms with Gasteiger partial charge in [-0.2, -0.15) is 0 Å². The van der Waals surface area contributed by atoms with E-state index in [9.17, 15) is 12.8 Å². The molecule has 18 heavy (non-hydrogen) atoms. The molecule has 0 unspecified atom stereocenters. The summed E-state index contributed by atoms with van der Waals surface area (Å²) in [5.74, 6) is -0.580. The number of benzene rings is 2. The van der Waals surface area contributed by atoms with Gasteiger partial charge in [-0.1, -0.05) is 6.07 Å². The van der Waals surface area contributed by atoms with Crippen molar-refractivity contribution in [1.29, 1.82) is 0 Å². The van der Waals surface area contributed by atoms with Crippen molar-refractivity contribution in [3.8, 4) is 0 Å². The highest BCUT2D eigenvalue weighted by atomic mass is 32.2. The SMILES string of the molecule is Cc1cc(S(=O)(=O)c2cccc(F)c2)ccc1N. The third-order valence-corrected chi connectivity index (χ3v) is 4.41. The Hall–Kier alpha value is -1.88. The minimum atomic E-state index is -3.70. The standard InChI is InChI=1S/C13H12FNO2S/c1-9-7-12(5-6-13(9)15)18(16,17)11-4-2-3-10(14)8-11/h2-8H,15H2,1H3. The first-order valence-electron chi connectivity index (χ1n) is 5.28. The molecule has 0 heterocycles. The molecular weight excluding hydrogens is 253 g/mol. The van der Waals surface area contributed by atoms with E-state index in [0.717, 1.165) is 6.07 Å². The molecule has 0 radical (unpaired) electrons. The lowest BCUT2D eigenvalue weighted by Crippen LogP contribution is -2.03. The van der Waals surface area contributed by atoms with Crippen LogP contribution in [-0.4, -0.2) is 8.42 Å². The number of sulfone groups is 1. The van der Waals surface area contributed by atoms with E-state index in [1.165, 1.54) is 36.4 Å². The van der Waals surface area contributed by atoms with Gasteiger partial charge in [-0.05, 0) is 48.9 Å². The topological polar surface area (TPSA) is 60.2 Å². The number of halogens is 1. The van der Waals surface area contributed by atoms with Crippen LogP contribution in [0.1, 0.15) is 5.56 Å². The third kappa shape index (κ3) is 2.22. The summed E-state index contributed by atoms with van der Waals surface area (Å²) in [4.78, 5) is 0.0477. The molecule has 94 valence electrons. The summed E-state index contributed by atoms with van der Waals surface area (Å²) in [6.45, 7) is 1.72. The number of hydrogen-bond donors (Lipinski definition) is 1. The highest BCUT2D eigenvalue weighted by molar-refractivity contribution is 7.91. The predicted octanol–water partition coefficient (Wildman–Crippen LogP) is 2.55. The lowest BCUT2D eigenvalue weighted by atomic mass is 10.2. The molecule has 0 saturated heterocycles. The van der Waals surface area contributed by atoms with E-state index < -0.39 is 15.7 Å². The van der Waals surface area contributed by atoms with Gasteiger partial charge in [-0.25, -0.2) is 12.8 Å². The Labute approximate surface area is 105 Å². The summed E-state index contributed by atoms with van der Waals surface area (Å²) < 4.78 is 37.6. The van der Waals surface area contributed by atoms with Crippen molar-refractivity contribution in [2.75, 3.05) is 5.73 Å². The first kappa shape index (κ1) is 12.6. The van der Waals surface area contributed by atoms with Crippen molar-refractivity contribution in [3.05, 3.63) is 53.8 Å². The second-order valence-electron chi connectivity index (χ2n) is 3.98. The molecule has 0 saturated carbocycles. The van der Waals surface area contributed by atoms with Crippen LogP contribution < -0.4 is 5.73 Å². The Morgan fingerprint density at radius 3 is 2.33 bits per heavy atom. The highest BCUT2D eigenvalue weighted by Crippen LogP contribution is 2.24. The quantitative estimate of drug-likeness (QED) is 0.849. The van der Waals surface area contributed by atoms with Crippen molar-refractivity contribution in [1.82, 2.24) is 0 Å². The van der Waals surface area contributed by atoms with Crippen molar-refractivity contribution >= 4 is 15.5 Å². The molecular formula is C13H12FNO2S. The van der Waals surface area contributed by atoms with E-state index in [1.807, 2.05) is 0 Å². The van der Waals surface area contributed by atoms with Crippen LogP contribution in [0.15, 0.2) is 52.3 Å². The van der Waals surface area contributed by atoms with Crippen LogP contribution in [0.5, 0.6) is 0 Å². The Bertz CT molecular complexity index is 696. The molecule has 0 aromatic heterocycles. The molecule has 3 nitrogen and oxygen atoms in total. The maximum atomic E-state index is 13.1. The van der Waals surface area contributed by atoms with Crippen LogP contribution in [0.3, 0.4) is 0 Å². The van der Waals surface area contributed by atoms with Gasteiger partial charge >= 0.3 is 0 Å². The molecule has 0 aliphatic carbocycles. The van der Waals surface area contributed by atoms with Crippen molar-refractivity contribution < 1.29 is 12.8 Å². The zero-order valence-corrected chi connectivity index (χ0v) is 10.5. The second kappa shape index (κ2) is 4.42. The van der Waals surface area contributed by atoms with Crippen LogP contribution in [0.2, 0.25) is 0 Å². The molecule has 0 amide bonds. The Morgan fingerprint density at radius 2 is 1.72 bits per heavy atom. The van der Waals surface area contributed by atoms with Crippen LogP contribution in [0, 0.1) is 12.7 Å². The van der Waals surface area contributed by atoms with Crippen LogP contribution in [0.25, 0.3) is 0 Å². The van der Waals surface area contributed by atoms with Crippen molar-refractivity contribution in [2.24, 2.45) is 0 Å². The summed E-state index contributed by atoms with van der Waals surface area (Å²) in [5, 5.41) is 0. The van der Waals surface area contributed by atoms with Gasteiger partial charge in [0.05, 0.1) is 9.79 Å². The van der Waals surface area contributed by atoms with Crippen molar-refractivity contribution in [2.45, 2.75) is 16.7 Å². The zero-order valence-electron chi connectivity index (χ0n) is 9.72. The average Bonchev–Trinajstić information content (AvgIpc) is 2.32. The van der Waals surface area contributed by atoms with Gasteiger partial charge in [0, 0.05) is 5.69 Å². The molecule has 0 aliphatic heterocycles. The smallest absolute Gasteiger partial charge is 0.206 e. The third-order valence-electron chi connectivity index (χ3n) is 2.66. The number of aryl methyl sites for hydroxylation is 1. The first-order chi connectivity index (χ1) is 8.41. The fourth-order valence-corrected chi connectivity index (χ4v) is 2.96. The number of anilines is 1. The molecule has 5 heteroatoms. The number of nitrogen functional groups attached to an aromatic ring is 1.